The van der Waals surface area contributed by atoms with Crippen LogP contribution in [0.4, 0.5) is 0 Å². The zero-order chi connectivity index (χ0) is 10.6. The Labute approximate surface area is 82.7 Å². The number of hydrogen-bond acceptors (Lipinski definition) is 4. The predicted molar refractivity (Wildman–Crippen MR) is 50.5 cm³/mol. The molecule has 0 radical (unpaired) electrons. The number of carboxylic acids is 1. The van der Waals surface area contributed by atoms with E-state index < -0.39 is 21.7 Å². The van der Waals surface area contributed by atoms with Crippen LogP contribution in [0.2, 0.25) is 0 Å². The van der Waals surface area contributed by atoms with Crippen molar-refractivity contribution in [1.82, 2.24) is 10.0 Å². The van der Waals surface area contributed by atoms with Crippen LogP contribution in [0.15, 0.2) is 0 Å². The van der Waals surface area contributed by atoms with Crippen molar-refractivity contribution in [3.05, 3.63) is 0 Å². The molecule has 14 heavy (non-hydrogen) atoms. The standard InChI is InChI=1S/C7H14N2O4S/c10-7(11)5-14(12,13)9-6-2-1-3-8-4-6/h6,8-9H,1-5H2,(H,10,11). The molecule has 0 aromatic heterocycles. The van der Waals surface area contributed by atoms with Crippen LogP contribution in [0.1, 0.15) is 12.8 Å². The molecule has 0 saturated carbocycles. The van der Waals surface area contributed by atoms with Crippen LogP contribution in [0.3, 0.4) is 0 Å². The Morgan fingerprint density at radius 3 is 2.79 bits per heavy atom. The molecule has 0 aromatic rings. The van der Waals surface area contributed by atoms with Crippen LogP contribution < -0.4 is 10.0 Å². The average molecular weight is 222 g/mol. The highest BCUT2D eigenvalue weighted by Crippen LogP contribution is 2.02. The van der Waals surface area contributed by atoms with Gasteiger partial charge in [0.05, 0.1) is 0 Å². The third kappa shape index (κ3) is 4.03. The topological polar surface area (TPSA) is 95.5 Å². The summed E-state index contributed by atoms with van der Waals surface area (Å²) in [6.07, 6.45) is 1.66. The summed E-state index contributed by atoms with van der Waals surface area (Å²) in [5.74, 6) is -2.19. The van der Waals surface area contributed by atoms with E-state index in [0.29, 0.717) is 6.54 Å². The maximum Gasteiger partial charge on any atom is 0.320 e. The molecule has 0 amide bonds. The van der Waals surface area contributed by atoms with E-state index in [4.69, 9.17) is 5.11 Å². The van der Waals surface area contributed by atoms with Gasteiger partial charge in [-0.15, -0.1) is 0 Å². The Bertz CT molecular complexity index is 295. The first kappa shape index (κ1) is 11.4. The average Bonchev–Trinajstić information content (AvgIpc) is 2.02. The van der Waals surface area contributed by atoms with E-state index in [-0.39, 0.29) is 6.04 Å². The number of carbonyl (C=O) groups is 1. The summed E-state index contributed by atoms with van der Waals surface area (Å²) in [6.45, 7) is 1.45. The molecular weight excluding hydrogens is 208 g/mol. The van der Waals surface area contributed by atoms with Gasteiger partial charge in [0.1, 0.15) is 0 Å². The van der Waals surface area contributed by atoms with Crippen molar-refractivity contribution in [3.8, 4) is 0 Å². The summed E-state index contributed by atoms with van der Waals surface area (Å²) in [6, 6.07) is -0.173. The van der Waals surface area contributed by atoms with Crippen molar-refractivity contribution < 1.29 is 18.3 Å². The second kappa shape index (κ2) is 4.72. The van der Waals surface area contributed by atoms with Crippen molar-refractivity contribution in [2.24, 2.45) is 0 Å². The van der Waals surface area contributed by atoms with Crippen molar-refractivity contribution in [1.29, 1.82) is 0 Å². The quantitative estimate of drug-likeness (QED) is 0.552. The number of nitrogens with one attached hydrogen (secondary N) is 2. The third-order valence-corrected chi connectivity index (χ3v) is 3.28. The van der Waals surface area contributed by atoms with Gasteiger partial charge in [-0.05, 0) is 19.4 Å². The molecule has 0 bridgehead atoms. The number of sulfonamides is 1. The van der Waals surface area contributed by atoms with E-state index in [1.54, 1.807) is 0 Å². The van der Waals surface area contributed by atoms with E-state index in [1.165, 1.54) is 0 Å². The first-order chi connectivity index (χ1) is 6.49. The second-order valence-electron chi connectivity index (χ2n) is 3.31. The number of carboxylic acid groups (broad SMARTS) is 1. The third-order valence-electron chi connectivity index (χ3n) is 1.96. The summed E-state index contributed by atoms with van der Waals surface area (Å²) in [4.78, 5) is 10.2. The lowest BCUT2D eigenvalue weighted by atomic mass is 10.1. The molecule has 1 atom stereocenters. The summed E-state index contributed by atoms with van der Waals surface area (Å²) in [7, 11) is -3.67. The van der Waals surface area contributed by atoms with Gasteiger partial charge in [-0.2, -0.15) is 0 Å². The van der Waals surface area contributed by atoms with Crippen LogP contribution in [0, 0.1) is 0 Å². The Morgan fingerprint density at radius 1 is 1.57 bits per heavy atom. The number of rotatable bonds is 4. The lowest BCUT2D eigenvalue weighted by Gasteiger charge is -2.23. The van der Waals surface area contributed by atoms with Crippen molar-refractivity contribution >= 4 is 16.0 Å². The normalized spacial score (nSPS) is 23.3. The summed E-state index contributed by atoms with van der Waals surface area (Å²) >= 11 is 0. The first-order valence-electron chi connectivity index (χ1n) is 4.42. The molecule has 1 aliphatic rings. The number of piperidine rings is 1. The van der Waals surface area contributed by atoms with Crippen LogP contribution >= 0.6 is 0 Å². The highest BCUT2D eigenvalue weighted by Gasteiger charge is 2.21. The lowest BCUT2D eigenvalue weighted by Crippen LogP contribution is -2.46. The van der Waals surface area contributed by atoms with E-state index in [1.807, 2.05) is 0 Å². The fourth-order valence-electron chi connectivity index (χ4n) is 1.41. The molecule has 0 aromatic carbocycles. The van der Waals surface area contributed by atoms with Gasteiger partial charge < -0.3 is 10.4 Å². The molecule has 6 nitrogen and oxygen atoms in total. The minimum atomic E-state index is -3.67. The molecule has 0 spiro atoms. The highest BCUT2D eigenvalue weighted by atomic mass is 32.2. The Balaban J connectivity index is 2.45. The minimum absolute atomic E-state index is 0.173. The zero-order valence-electron chi connectivity index (χ0n) is 7.69. The fourth-order valence-corrected chi connectivity index (χ4v) is 2.53. The number of hydrogen-bond donors (Lipinski definition) is 3. The maximum absolute atomic E-state index is 11.2. The predicted octanol–water partition coefficient (Wildman–Crippen LogP) is -1.26. The fraction of sp³-hybridized carbons (Fsp3) is 0.857. The van der Waals surface area contributed by atoms with Gasteiger partial charge in [-0.3, -0.25) is 4.79 Å². The van der Waals surface area contributed by atoms with Gasteiger partial charge in [0, 0.05) is 12.6 Å². The molecule has 1 saturated heterocycles. The van der Waals surface area contributed by atoms with Gasteiger partial charge in [-0.25, -0.2) is 13.1 Å². The Kier molecular flexibility index (Phi) is 3.85. The molecule has 1 heterocycles. The minimum Gasteiger partial charge on any atom is -0.480 e. The van der Waals surface area contributed by atoms with Gasteiger partial charge >= 0.3 is 5.97 Å². The largest absolute Gasteiger partial charge is 0.480 e. The molecule has 1 unspecified atom stereocenters. The van der Waals surface area contributed by atoms with Crippen molar-refractivity contribution in [2.45, 2.75) is 18.9 Å². The van der Waals surface area contributed by atoms with Crippen LogP contribution in [0.25, 0.3) is 0 Å². The molecule has 7 heteroatoms. The SMILES string of the molecule is O=C(O)CS(=O)(=O)NC1CCCNC1. The van der Waals surface area contributed by atoms with Crippen LogP contribution in [-0.4, -0.2) is 44.4 Å². The molecule has 1 fully saturated rings. The van der Waals surface area contributed by atoms with Gasteiger partial charge in [-0.1, -0.05) is 0 Å². The summed E-state index contributed by atoms with van der Waals surface area (Å²) < 4.78 is 24.7. The number of aliphatic carboxylic acids is 1. The van der Waals surface area contributed by atoms with Crippen molar-refractivity contribution in [3.63, 3.8) is 0 Å². The van der Waals surface area contributed by atoms with Gasteiger partial charge in [0.2, 0.25) is 10.0 Å². The van der Waals surface area contributed by atoms with Gasteiger partial charge in [0.25, 0.3) is 0 Å². The summed E-state index contributed by atoms with van der Waals surface area (Å²) in [5.41, 5.74) is 0. The van der Waals surface area contributed by atoms with Crippen molar-refractivity contribution in [2.75, 3.05) is 18.8 Å². The summed E-state index contributed by atoms with van der Waals surface area (Å²) in [5, 5.41) is 11.4. The molecule has 1 rings (SSSR count). The van der Waals surface area contributed by atoms with Crippen LogP contribution in [0.5, 0.6) is 0 Å². The lowest BCUT2D eigenvalue weighted by molar-refractivity contribution is -0.134. The second-order valence-corrected chi connectivity index (χ2v) is 5.07. The first-order valence-corrected chi connectivity index (χ1v) is 6.07. The van der Waals surface area contributed by atoms with E-state index in [0.717, 1.165) is 19.4 Å². The molecule has 1 aliphatic heterocycles. The highest BCUT2D eigenvalue weighted by molar-refractivity contribution is 7.90. The Morgan fingerprint density at radius 2 is 2.29 bits per heavy atom. The monoisotopic (exact) mass is 222 g/mol. The maximum atomic E-state index is 11.2. The Hall–Kier alpha value is -0.660. The molecule has 0 aliphatic carbocycles. The zero-order valence-corrected chi connectivity index (χ0v) is 8.51. The molecule has 3 N–H and O–H groups in total. The molecular formula is C7H14N2O4S. The van der Waals surface area contributed by atoms with Gasteiger partial charge in [0.15, 0.2) is 5.75 Å². The van der Waals surface area contributed by atoms with E-state index in [9.17, 15) is 13.2 Å². The smallest absolute Gasteiger partial charge is 0.320 e. The van der Waals surface area contributed by atoms with Crippen LogP contribution in [-0.2, 0) is 14.8 Å². The van der Waals surface area contributed by atoms with E-state index in [2.05, 4.69) is 10.0 Å². The molecule has 82 valence electrons. The van der Waals surface area contributed by atoms with E-state index >= 15 is 0 Å².